The van der Waals surface area contributed by atoms with Crippen molar-refractivity contribution in [1.29, 1.82) is 0 Å². The molecule has 1 aromatic carbocycles. The number of nitrogens with zero attached hydrogens (tertiary/aromatic N) is 2. The summed E-state index contributed by atoms with van der Waals surface area (Å²) in [7, 11) is 2.05. The van der Waals surface area contributed by atoms with Crippen molar-refractivity contribution in [2.75, 3.05) is 30.9 Å². The van der Waals surface area contributed by atoms with Crippen molar-refractivity contribution in [3.63, 3.8) is 0 Å². The van der Waals surface area contributed by atoms with E-state index in [1.807, 2.05) is 20.0 Å². The van der Waals surface area contributed by atoms with Crippen molar-refractivity contribution in [3.05, 3.63) is 33.9 Å². The third kappa shape index (κ3) is 4.68. The largest absolute Gasteiger partial charge is 0.380 e. The normalized spacial score (nSPS) is 12.4. The molecular formula is C14H23N3O2S. The quantitative estimate of drug-likeness (QED) is 0.590. The summed E-state index contributed by atoms with van der Waals surface area (Å²) >= 11 is 1.81. The number of hydrogen-bond donors (Lipinski definition) is 1. The minimum atomic E-state index is -0.327. The van der Waals surface area contributed by atoms with Crippen molar-refractivity contribution in [2.45, 2.75) is 26.4 Å². The van der Waals surface area contributed by atoms with E-state index in [0.29, 0.717) is 18.3 Å². The van der Waals surface area contributed by atoms with E-state index in [-0.39, 0.29) is 10.6 Å². The molecule has 112 valence electrons. The van der Waals surface area contributed by atoms with Crippen molar-refractivity contribution in [2.24, 2.45) is 0 Å². The van der Waals surface area contributed by atoms with Crippen molar-refractivity contribution in [3.8, 4) is 0 Å². The first kappa shape index (κ1) is 16.8. The van der Waals surface area contributed by atoms with Crippen LogP contribution in [0.1, 0.15) is 19.4 Å². The SMILES string of the molecule is CCNc1ccc(CN(C)C(C)CSC)cc1[N+](=O)[O-]. The van der Waals surface area contributed by atoms with Gasteiger partial charge in [0.2, 0.25) is 0 Å². The summed E-state index contributed by atoms with van der Waals surface area (Å²) in [5.41, 5.74) is 1.70. The highest BCUT2D eigenvalue weighted by molar-refractivity contribution is 7.98. The Balaban J connectivity index is 2.86. The van der Waals surface area contributed by atoms with Gasteiger partial charge in [-0.2, -0.15) is 11.8 Å². The number of nitro groups is 1. The van der Waals surface area contributed by atoms with E-state index in [4.69, 9.17) is 0 Å². The van der Waals surface area contributed by atoms with E-state index in [9.17, 15) is 10.1 Å². The van der Waals surface area contributed by atoms with Gasteiger partial charge in [0.15, 0.2) is 0 Å². The molecule has 0 amide bonds. The number of hydrogen-bond acceptors (Lipinski definition) is 5. The highest BCUT2D eigenvalue weighted by Gasteiger charge is 2.16. The molecule has 0 saturated heterocycles. The lowest BCUT2D eigenvalue weighted by atomic mass is 10.1. The first-order valence-electron chi connectivity index (χ1n) is 6.70. The Labute approximate surface area is 124 Å². The van der Waals surface area contributed by atoms with Crippen LogP contribution in [0.5, 0.6) is 0 Å². The second-order valence-electron chi connectivity index (χ2n) is 4.86. The van der Waals surface area contributed by atoms with Crippen LogP contribution in [0.4, 0.5) is 11.4 Å². The van der Waals surface area contributed by atoms with Gasteiger partial charge in [-0.15, -0.1) is 0 Å². The summed E-state index contributed by atoms with van der Waals surface area (Å²) in [6, 6.07) is 5.86. The minimum Gasteiger partial charge on any atom is -0.380 e. The van der Waals surface area contributed by atoms with Crippen LogP contribution in [0.15, 0.2) is 18.2 Å². The third-order valence-electron chi connectivity index (χ3n) is 3.22. The molecule has 0 fully saturated rings. The van der Waals surface area contributed by atoms with Crippen LogP contribution in [-0.4, -0.2) is 41.5 Å². The Morgan fingerprint density at radius 1 is 1.50 bits per heavy atom. The molecule has 0 aliphatic heterocycles. The topological polar surface area (TPSA) is 58.4 Å². The van der Waals surface area contributed by atoms with Crippen LogP contribution in [0.2, 0.25) is 0 Å². The molecule has 1 atom stereocenters. The molecule has 1 unspecified atom stereocenters. The molecule has 0 heterocycles. The molecule has 1 rings (SSSR count). The number of nitrogens with one attached hydrogen (secondary N) is 1. The molecular weight excluding hydrogens is 274 g/mol. The van der Waals surface area contributed by atoms with Gasteiger partial charge >= 0.3 is 0 Å². The van der Waals surface area contributed by atoms with E-state index in [2.05, 4.69) is 23.4 Å². The van der Waals surface area contributed by atoms with Gasteiger partial charge in [-0.25, -0.2) is 0 Å². The van der Waals surface area contributed by atoms with Crippen molar-refractivity contribution >= 4 is 23.1 Å². The molecule has 0 aliphatic rings. The lowest BCUT2D eigenvalue weighted by Gasteiger charge is -2.24. The summed E-state index contributed by atoms with van der Waals surface area (Å²) in [5, 5.41) is 14.1. The molecule has 6 heteroatoms. The predicted octanol–water partition coefficient (Wildman–Crippen LogP) is 3.21. The fourth-order valence-electron chi connectivity index (χ4n) is 1.98. The number of anilines is 1. The summed E-state index contributed by atoms with van der Waals surface area (Å²) in [5.74, 6) is 1.05. The van der Waals surface area contributed by atoms with Gasteiger partial charge in [0.25, 0.3) is 5.69 Å². The fourth-order valence-corrected chi connectivity index (χ4v) is 2.72. The summed E-state index contributed by atoms with van der Waals surface area (Å²) in [4.78, 5) is 13.0. The van der Waals surface area contributed by atoms with Gasteiger partial charge in [0.1, 0.15) is 5.69 Å². The number of nitro benzene ring substituents is 1. The van der Waals surface area contributed by atoms with Crippen LogP contribution in [0.3, 0.4) is 0 Å². The fraction of sp³-hybridized carbons (Fsp3) is 0.571. The molecule has 0 spiro atoms. The predicted molar refractivity (Wildman–Crippen MR) is 86.6 cm³/mol. The average molecular weight is 297 g/mol. The van der Waals surface area contributed by atoms with Crippen LogP contribution in [-0.2, 0) is 6.54 Å². The van der Waals surface area contributed by atoms with Gasteiger partial charge in [0.05, 0.1) is 4.92 Å². The molecule has 0 saturated carbocycles. The highest BCUT2D eigenvalue weighted by atomic mass is 32.2. The molecule has 0 bridgehead atoms. The van der Waals surface area contributed by atoms with E-state index >= 15 is 0 Å². The maximum absolute atomic E-state index is 11.1. The Morgan fingerprint density at radius 2 is 2.20 bits per heavy atom. The van der Waals surface area contributed by atoms with E-state index in [1.54, 1.807) is 23.9 Å². The smallest absolute Gasteiger partial charge is 0.292 e. The summed E-state index contributed by atoms with van der Waals surface area (Å²) in [6.45, 7) is 5.48. The Morgan fingerprint density at radius 3 is 2.75 bits per heavy atom. The van der Waals surface area contributed by atoms with Crippen LogP contribution in [0.25, 0.3) is 0 Å². The third-order valence-corrected chi connectivity index (χ3v) is 4.03. The Kier molecular flexibility index (Phi) is 6.81. The Bertz CT molecular complexity index is 454. The average Bonchev–Trinajstić information content (AvgIpc) is 2.40. The lowest BCUT2D eigenvalue weighted by molar-refractivity contribution is -0.384. The number of rotatable bonds is 8. The van der Waals surface area contributed by atoms with Crippen LogP contribution >= 0.6 is 11.8 Å². The van der Waals surface area contributed by atoms with E-state index in [0.717, 1.165) is 17.9 Å². The first-order chi connectivity index (χ1) is 9.49. The van der Waals surface area contributed by atoms with Crippen molar-refractivity contribution < 1.29 is 4.92 Å². The minimum absolute atomic E-state index is 0.148. The lowest BCUT2D eigenvalue weighted by Crippen LogP contribution is -2.30. The molecule has 0 aliphatic carbocycles. The molecule has 1 N–H and O–H groups in total. The number of benzene rings is 1. The van der Waals surface area contributed by atoms with Crippen molar-refractivity contribution in [1.82, 2.24) is 4.90 Å². The number of thioether (sulfide) groups is 1. The second kappa shape index (κ2) is 8.11. The zero-order valence-corrected chi connectivity index (χ0v) is 13.4. The van der Waals surface area contributed by atoms with E-state index in [1.165, 1.54) is 0 Å². The second-order valence-corrected chi connectivity index (χ2v) is 5.77. The van der Waals surface area contributed by atoms with E-state index < -0.39 is 0 Å². The van der Waals surface area contributed by atoms with Gasteiger partial charge in [-0.1, -0.05) is 6.07 Å². The maximum atomic E-state index is 11.1. The standard InChI is InChI=1S/C14H23N3O2S/c1-5-15-13-7-6-12(8-14(13)17(18)19)9-16(3)11(2)10-20-4/h6-8,11,15H,5,9-10H2,1-4H3. The Hall–Kier alpha value is -1.27. The summed E-state index contributed by atoms with van der Waals surface area (Å²) < 4.78 is 0. The van der Waals surface area contributed by atoms with Gasteiger partial charge in [-0.05, 0) is 38.8 Å². The zero-order chi connectivity index (χ0) is 15.1. The van der Waals surface area contributed by atoms with Gasteiger partial charge < -0.3 is 5.32 Å². The molecule has 0 aromatic heterocycles. The molecule has 1 aromatic rings. The van der Waals surface area contributed by atoms with Crippen LogP contribution < -0.4 is 5.32 Å². The highest BCUT2D eigenvalue weighted by Crippen LogP contribution is 2.26. The molecule has 5 nitrogen and oxygen atoms in total. The zero-order valence-electron chi connectivity index (χ0n) is 12.5. The van der Waals surface area contributed by atoms with Gasteiger partial charge in [-0.3, -0.25) is 15.0 Å². The maximum Gasteiger partial charge on any atom is 0.292 e. The first-order valence-corrected chi connectivity index (χ1v) is 8.09. The molecule has 0 radical (unpaired) electrons. The van der Waals surface area contributed by atoms with Crippen LogP contribution in [0, 0.1) is 10.1 Å². The monoisotopic (exact) mass is 297 g/mol. The van der Waals surface area contributed by atoms with Gasteiger partial charge in [0, 0.05) is 31.0 Å². The molecule has 20 heavy (non-hydrogen) atoms. The summed E-state index contributed by atoms with van der Waals surface area (Å²) in [6.07, 6.45) is 2.08.